The topological polar surface area (TPSA) is 71.1 Å². The van der Waals surface area contributed by atoms with Gasteiger partial charge in [0.2, 0.25) is 0 Å². The van der Waals surface area contributed by atoms with Crippen molar-refractivity contribution >= 4 is 11.9 Å². The van der Waals surface area contributed by atoms with Crippen molar-refractivity contribution in [1.29, 1.82) is 0 Å². The smallest absolute Gasteiger partial charge is 0.326 e. The number of benzene rings is 2. The molecular formula is C24H27N3O4. The fraction of sp³-hybridized carbons (Fsp3) is 0.417. The summed E-state index contributed by atoms with van der Waals surface area (Å²) in [5.74, 6) is 1.31. The van der Waals surface area contributed by atoms with E-state index in [-0.39, 0.29) is 11.9 Å². The second kappa shape index (κ2) is 7.57. The van der Waals surface area contributed by atoms with Crippen LogP contribution in [0.3, 0.4) is 0 Å². The number of urea groups is 1. The summed E-state index contributed by atoms with van der Waals surface area (Å²) in [4.78, 5) is 29.7. The maximum absolute atomic E-state index is 13.4. The molecule has 5 rings (SSSR count). The van der Waals surface area contributed by atoms with Crippen LogP contribution in [0.4, 0.5) is 4.79 Å². The summed E-state index contributed by atoms with van der Waals surface area (Å²) in [7, 11) is 3.26. The van der Waals surface area contributed by atoms with Gasteiger partial charge in [0, 0.05) is 19.5 Å². The Morgan fingerprint density at radius 1 is 0.968 bits per heavy atom. The summed E-state index contributed by atoms with van der Waals surface area (Å²) < 4.78 is 10.8. The molecule has 7 heteroatoms. The Hall–Kier alpha value is -3.06. The number of carbonyl (C=O) groups is 2. The molecule has 2 aromatic carbocycles. The molecular weight excluding hydrogens is 394 g/mol. The molecule has 1 atom stereocenters. The van der Waals surface area contributed by atoms with Gasteiger partial charge in [-0.1, -0.05) is 24.3 Å². The summed E-state index contributed by atoms with van der Waals surface area (Å²) >= 11 is 0. The van der Waals surface area contributed by atoms with Crippen molar-refractivity contribution in [2.75, 3.05) is 27.4 Å². The second-order valence-corrected chi connectivity index (χ2v) is 8.61. The molecule has 3 aliphatic rings. The molecule has 1 saturated heterocycles. The van der Waals surface area contributed by atoms with Crippen LogP contribution in [0.25, 0.3) is 0 Å². The molecule has 31 heavy (non-hydrogen) atoms. The van der Waals surface area contributed by atoms with Gasteiger partial charge < -0.3 is 14.8 Å². The number of hydrogen-bond acceptors (Lipinski definition) is 5. The van der Waals surface area contributed by atoms with Gasteiger partial charge in [-0.2, -0.15) is 0 Å². The molecule has 0 bridgehead atoms. The van der Waals surface area contributed by atoms with Crippen LogP contribution in [0.5, 0.6) is 11.5 Å². The van der Waals surface area contributed by atoms with E-state index in [0.29, 0.717) is 31.8 Å². The van der Waals surface area contributed by atoms with E-state index in [1.165, 1.54) is 16.0 Å². The number of fused-ring (bicyclic) bond motifs is 2. The van der Waals surface area contributed by atoms with Gasteiger partial charge in [-0.15, -0.1) is 0 Å². The quantitative estimate of drug-likeness (QED) is 0.768. The number of hydrogen-bond donors (Lipinski definition) is 1. The van der Waals surface area contributed by atoms with Gasteiger partial charge in [-0.05, 0) is 53.6 Å². The Morgan fingerprint density at radius 3 is 2.42 bits per heavy atom. The standard InChI is InChI=1S/C24H27N3O4/c1-30-20-11-17-8-10-26(14-19(17)12-21(20)31-2)15-27-22(28)24(25-23(27)29)9-7-16-5-3-4-6-18(16)13-24/h3-6,11-12H,7-10,13-15H2,1-2H3,(H,25,29). The number of carbonyl (C=O) groups excluding carboxylic acids is 2. The van der Waals surface area contributed by atoms with Crippen LogP contribution in [-0.2, 0) is 30.6 Å². The molecule has 0 saturated carbocycles. The van der Waals surface area contributed by atoms with Crippen molar-refractivity contribution in [2.24, 2.45) is 0 Å². The van der Waals surface area contributed by atoms with Crippen molar-refractivity contribution < 1.29 is 19.1 Å². The highest BCUT2D eigenvalue weighted by Gasteiger charge is 2.52. The van der Waals surface area contributed by atoms with Crippen molar-refractivity contribution in [2.45, 2.75) is 37.8 Å². The average Bonchev–Trinajstić information content (AvgIpc) is 3.01. The van der Waals surface area contributed by atoms with E-state index in [1.54, 1.807) is 14.2 Å². The summed E-state index contributed by atoms with van der Waals surface area (Å²) in [5.41, 5.74) is 3.96. The second-order valence-electron chi connectivity index (χ2n) is 8.61. The fourth-order valence-electron chi connectivity index (χ4n) is 5.09. The lowest BCUT2D eigenvalue weighted by molar-refractivity contribution is -0.133. The molecule has 1 unspecified atom stereocenters. The molecule has 0 aromatic heterocycles. The van der Waals surface area contributed by atoms with Crippen LogP contribution in [-0.4, -0.2) is 54.7 Å². The predicted molar refractivity (Wildman–Crippen MR) is 115 cm³/mol. The van der Waals surface area contributed by atoms with E-state index in [9.17, 15) is 9.59 Å². The Bertz CT molecular complexity index is 1050. The monoisotopic (exact) mass is 421 g/mol. The van der Waals surface area contributed by atoms with Crippen molar-refractivity contribution in [3.05, 3.63) is 58.7 Å². The zero-order valence-corrected chi connectivity index (χ0v) is 17.9. The van der Waals surface area contributed by atoms with Gasteiger partial charge in [0.25, 0.3) is 5.91 Å². The van der Waals surface area contributed by atoms with Crippen molar-refractivity contribution in [1.82, 2.24) is 15.1 Å². The van der Waals surface area contributed by atoms with E-state index in [1.807, 2.05) is 24.3 Å². The first-order valence-corrected chi connectivity index (χ1v) is 10.7. The lowest BCUT2D eigenvalue weighted by Crippen LogP contribution is -2.51. The molecule has 162 valence electrons. The molecule has 7 nitrogen and oxygen atoms in total. The van der Waals surface area contributed by atoms with Crippen LogP contribution >= 0.6 is 0 Å². The average molecular weight is 421 g/mol. The molecule has 3 amide bonds. The van der Waals surface area contributed by atoms with Gasteiger partial charge >= 0.3 is 6.03 Å². The number of ether oxygens (including phenoxy) is 2. The first-order valence-electron chi connectivity index (χ1n) is 10.7. The minimum Gasteiger partial charge on any atom is -0.493 e. The number of nitrogens with zero attached hydrogens (tertiary/aromatic N) is 2. The van der Waals surface area contributed by atoms with E-state index < -0.39 is 5.54 Å². The Kier molecular flexibility index (Phi) is 4.85. The van der Waals surface area contributed by atoms with Crippen LogP contribution in [0.15, 0.2) is 36.4 Å². The third-order valence-electron chi connectivity index (χ3n) is 6.82. The van der Waals surface area contributed by atoms with Crippen molar-refractivity contribution in [3.8, 4) is 11.5 Å². The molecule has 2 heterocycles. The van der Waals surface area contributed by atoms with Crippen LogP contribution in [0, 0.1) is 0 Å². The number of amides is 3. The Balaban J connectivity index is 1.32. The first-order chi connectivity index (χ1) is 15.0. The number of aryl methyl sites for hydroxylation is 1. The third-order valence-corrected chi connectivity index (χ3v) is 6.82. The summed E-state index contributed by atoms with van der Waals surface area (Å²) in [6, 6.07) is 11.9. The maximum Gasteiger partial charge on any atom is 0.326 e. The van der Waals surface area contributed by atoms with E-state index >= 15 is 0 Å². The summed E-state index contributed by atoms with van der Waals surface area (Å²) in [6.45, 7) is 1.72. The first kappa shape index (κ1) is 19.9. The van der Waals surface area contributed by atoms with E-state index in [0.717, 1.165) is 36.3 Å². The zero-order chi connectivity index (χ0) is 21.6. The Labute approximate surface area is 181 Å². The highest BCUT2D eigenvalue weighted by molar-refractivity contribution is 6.07. The third kappa shape index (κ3) is 3.33. The largest absolute Gasteiger partial charge is 0.493 e. The minimum absolute atomic E-state index is 0.106. The van der Waals surface area contributed by atoms with Crippen LogP contribution in [0.2, 0.25) is 0 Å². The molecule has 1 fully saturated rings. The van der Waals surface area contributed by atoms with Gasteiger partial charge in [0.05, 0.1) is 20.9 Å². The van der Waals surface area contributed by atoms with E-state index in [4.69, 9.17) is 9.47 Å². The fourth-order valence-corrected chi connectivity index (χ4v) is 5.09. The van der Waals surface area contributed by atoms with Gasteiger partial charge in [-0.3, -0.25) is 9.69 Å². The highest BCUT2D eigenvalue weighted by atomic mass is 16.5. The Morgan fingerprint density at radius 2 is 1.68 bits per heavy atom. The molecule has 1 N–H and O–H groups in total. The van der Waals surface area contributed by atoms with Crippen LogP contribution in [0.1, 0.15) is 28.7 Å². The lowest BCUT2D eigenvalue weighted by atomic mass is 9.78. The molecule has 0 radical (unpaired) electrons. The molecule has 1 aliphatic carbocycles. The number of nitrogens with one attached hydrogen (secondary N) is 1. The maximum atomic E-state index is 13.4. The van der Waals surface area contributed by atoms with Gasteiger partial charge in [-0.25, -0.2) is 9.69 Å². The summed E-state index contributed by atoms with van der Waals surface area (Å²) in [5, 5.41) is 3.03. The minimum atomic E-state index is -0.810. The van der Waals surface area contributed by atoms with E-state index in [2.05, 4.69) is 22.3 Å². The highest BCUT2D eigenvalue weighted by Crippen LogP contribution is 2.35. The van der Waals surface area contributed by atoms with Crippen LogP contribution < -0.4 is 14.8 Å². The normalized spacial score (nSPS) is 22.8. The SMILES string of the molecule is COc1cc2c(cc1OC)CN(CN1C(=O)NC3(CCc4ccccc4C3)C1=O)CC2. The molecule has 2 aliphatic heterocycles. The molecule has 1 spiro atoms. The van der Waals surface area contributed by atoms with Crippen molar-refractivity contribution in [3.63, 3.8) is 0 Å². The summed E-state index contributed by atoms with van der Waals surface area (Å²) in [6.07, 6.45) is 2.83. The molecule has 2 aromatic rings. The van der Waals surface area contributed by atoms with Gasteiger partial charge in [0.1, 0.15) is 5.54 Å². The number of imide groups is 1. The lowest BCUT2D eigenvalue weighted by Gasteiger charge is -2.34. The number of rotatable bonds is 4. The van der Waals surface area contributed by atoms with Gasteiger partial charge in [0.15, 0.2) is 11.5 Å². The predicted octanol–water partition coefficient (Wildman–Crippen LogP) is 2.50. The zero-order valence-electron chi connectivity index (χ0n) is 17.9. The number of methoxy groups -OCH3 is 2.